The number of benzene rings is 2. The Morgan fingerprint density at radius 3 is 2.90 bits per heavy atom. The highest BCUT2D eigenvalue weighted by Gasteiger charge is 2.27. The van der Waals surface area contributed by atoms with Gasteiger partial charge in [-0.3, -0.25) is 0 Å². The summed E-state index contributed by atoms with van der Waals surface area (Å²) in [5.41, 5.74) is 9.86. The van der Waals surface area contributed by atoms with Gasteiger partial charge in [-0.25, -0.2) is 0 Å². The predicted molar refractivity (Wildman–Crippen MR) is 77.0 cm³/mol. The minimum atomic E-state index is 0.0331. The molecule has 20 heavy (non-hydrogen) atoms. The number of hydrogen-bond acceptors (Lipinski definition) is 3. The molecule has 0 fully saturated rings. The lowest BCUT2D eigenvalue weighted by Crippen LogP contribution is -2.24. The van der Waals surface area contributed by atoms with Crippen molar-refractivity contribution in [3.8, 4) is 11.5 Å². The van der Waals surface area contributed by atoms with Gasteiger partial charge in [0.1, 0.15) is 17.6 Å². The van der Waals surface area contributed by atoms with Gasteiger partial charge in [0, 0.05) is 24.4 Å². The maximum Gasteiger partial charge on any atom is 0.126 e. The molecule has 2 aliphatic rings. The zero-order chi connectivity index (χ0) is 13.5. The van der Waals surface area contributed by atoms with E-state index in [2.05, 4.69) is 12.1 Å². The van der Waals surface area contributed by atoms with E-state index >= 15 is 0 Å². The topological polar surface area (TPSA) is 44.5 Å². The van der Waals surface area contributed by atoms with Gasteiger partial charge < -0.3 is 15.2 Å². The van der Waals surface area contributed by atoms with E-state index in [1.807, 2.05) is 30.3 Å². The van der Waals surface area contributed by atoms with Crippen LogP contribution < -0.4 is 15.2 Å². The Bertz CT molecular complexity index is 653. The zero-order valence-electron chi connectivity index (χ0n) is 11.2. The second-order valence-corrected chi connectivity index (χ2v) is 5.45. The number of hydrogen-bond donors (Lipinski definition) is 1. The van der Waals surface area contributed by atoms with Crippen LogP contribution in [-0.2, 0) is 6.42 Å². The summed E-state index contributed by atoms with van der Waals surface area (Å²) >= 11 is 0. The normalized spacial score (nSPS) is 23.4. The van der Waals surface area contributed by atoms with Gasteiger partial charge in [0.15, 0.2) is 0 Å². The molecule has 0 aromatic heterocycles. The van der Waals surface area contributed by atoms with E-state index in [1.54, 1.807) is 0 Å². The number of para-hydroxylation sites is 1. The van der Waals surface area contributed by atoms with Crippen LogP contribution >= 0.6 is 0 Å². The van der Waals surface area contributed by atoms with Gasteiger partial charge in [-0.2, -0.15) is 0 Å². The lowest BCUT2D eigenvalue weighted by molar-refractivity contribution is 0.161. The summed E-state index contributed by atoms with van der Waals surface area (Å²) < 4.78 is 11.7. The van der Waals surface area contributed by atoms with Crippen molar-refractivity contribution in [3.05, 3.63) is 59.2 Å². The van der Waals surface area contributed by atoms with Crippen LogP contribution in [0.15, 0.2) is 42.5 Å². The van der Waals surface area contributed by atoms with Crippen LogP contribution in [0.1, 0.15) is 35.3 Å². The highest BCUT2D eigenvalue weighted by molar-refractivity contribution is 5.43. The third-order valence-electron chi connectivity index (χ3n) is 4.14. The molecular formula is C17H17NO2. The van der Waals surface area contributed by atoms with Crippen molar-refractivity contribution >= 4 is 0 Å². The molecule has 3 heteroatoms. The average molecular weight is 267 g/mol. The molecule has 2 heterocycles. The van der Waals surface area contributed by atoms with Crippen LogP contribution in [0.3, 0.4) is 0 Å². The second-order valence-electron chi connectivity index (χ2n) is 5.45. The fourth-order valence-electron chi connectivity index (χ4n) is 3.06. The molecule has 0 saturated heterocycles. The summed E-state index contributed by atoms with van der Waals surface area (Å²) in [4.78, 5) is 0. The Morgan fingerprint density at radius 2 is 1.95 bits per heavy atom. The van der Waals surface area contributed by atoms with Crippen molar-refractivity contribution in [2.45, 2.75) is 25.0 Å². The van der Waals surface area contributed by atoms with E-state index in [1.165, 1.54) is 11.1 Å². The first-order valence-electron chi connectivity index (χ1n) is 7.08. The molecule has 1 unspecified atom stereocenters. The van der Waals surface area contributed by atoms with Gasteiger partial charge in [0.05, 0.1) is 6.61 Å². The van der Waals surface area contributed by atoms with Gasteiger partial charge in [0.2, 0.25) is 0 Å². The fraction of sp³-hybridized carbons (Fsp3) is 0.294. The number of fused-ring (bicyclic) bond motifs is 2. The first-order valence-corrected chi connectivity index (χ1v) is 7.08. The average Bonchev–Trinajstić information content (AvgIpc) is 2.94. The van der Waals surface area contributed by atoms with Crippen LogP contribution in [0, 0.1) is 0 Å². The third-order valence-corrected chi connectivity index (χ3v) is 4.14. The van der Waals surface area contributed by atoms with E-state index in [9.17, 15) is 0 Å². The van der Waals surface area contributed by atoms with Crippen LogP contribution in [0.5, 0.6) is 11.5 Å². The summed E-state index contributed by atoms with van der Waals surface area (Å²) in [6.45, 7) is 0.784. The lowest BCUT2D eigenvalue weighted by atomic mass is 9.93. The first kappa shape index (κ1) is 11.8. The maximum absolute atomic E-state index is 6.28. The van der Waals surface area contributed by atoms with Crippen molar-refractivity contribution in [1.82, 2.24) is 0 Å². The smallest absolute Gasteiger partial charge is 0.126 e. The van der Waals surface area contributed by atoms with Crippen LogP contribution in [0.4, 0.5) is 0 Å². The van der Waals surface area contributed by atoms with Gasteiger partial charge in [-0.1, -0.05) is 24.3 Å². The summed E-state index contributed by atoms with van der Waals surface area (Å²) in [6, 6.07) is 14.4. The van der Waals surface area contributed by atoms with E-state index in [-0.39, 0.29) is 12.1 Å². The van der Waals surface area contributed by atoms with Crippen molar-refractivity contribution in [1.29, 1.82) is 0 Å². The third kappa shape index (κ3) is 1.86. The molecule has 2 aliphatic heterocycles. The van der Waals surface area contributed by atoms with Gasteiger partial charge in [-0.15, -0.1) is 0 Å². The molecule has 102 valence electrons. The Hall–Kier alpha value is -2.00. The Labute approximate surface area is 118 Å². The van der Waals surface area contributed by atoms with Crippen molar-refractivity contribution in [3.63, 3.8) is 0 Å². The zero-order valence-corrected chi connectivity index (χ0v) is 11.2. The quantitative estimate of drug-likeness (QED) is 0.863. The molecule has 2 aromatic carbocycles. The fourth-order valence-corrected chi connectivity index (χ4v) is 3.06. The second kappa shape index (κ2) is 4.53. The van der Waals surface area contributed by atoms with E-state index in [0.717, 1.165) is 36.5 Å². The molecule has 0 amide bonds. The van der Waals surface area contributed by atoms with Crippen LogP contribution in [0.25, 0.3) is 0 Å². The SMILES string of the molecule is N[C@H]1CC(c2ccc3c(c2)CCO3)Oc2ccccc21. The molecule has 2 aromatic rings. The molecule has 2 atom stereocenters. The van der Waals surface area contributed by atoms with Crippen molar-refractivity contribution in [2.75, 3.05) is 6.61 Å². The molecule has 0 saturated carbocycles. The van der Waals surface area contributed by atoms with Gasteiger partial charge in [0.25, 0.3) is 0 Å². The van der Waals surface area contributed by atoms with E-state index < -0.39 is 0 Å². The summed E-state index contributed by atoms with van der Waals surface area (Å²) in [7, 11) is 0. The Balaban J connectivity index is 1.68. The van der Waals surface area contributed by atoms with Crippen molar-refractivity contribution in [2.24, 2.45) is 5.73 Å². The monoisotopic (exact) mass is 267 g/mol. The Kier molecular flexibility index (Phi) is 2.67. The standard InChI is InChI=1S/C17H17NO2/c18-14-10-17(20-16-4-2-1-3-13(14)16)11-5-6-15-12(9-11)7-8-19-15/h1-6,9,14,17H,7-8,10,18H2/t14-,17?/m0/s1. The largest absolute Gasteiger partial charge is 0.493 e. The summed E-state index contributed by atoms with van der Waals surface area (Å²) in [5.74, 6) is 1.92. The molecule has 4 rings (SSSR count). The minimum Gasteiger partial charge on any atom is -0.493 e. The highest BCUT2D eigenvalue weighted by atomic mass is 16.5. The van der Waals surface area contributed by atoms with Crippen LogP contribution in [-0.4, -0.2) is 6.61 Å². The molecule has 3 nitrogen and oxygen atoms in total. The Morgan fingerprint density at radius 1 is 1.05 bits per heavy atom. The van der Waals surface area contributed by atoms with E-state index in [0.29, 0.717) is 0 Å². The molecule has 0 radical (unpaired) electrons. The molecule has 0 aliphatic carbocycles. The molecule has 0 spiro atoms. The van der Waals surface area contributed by atoms with Gasteiger partial charge >= 0.3 is 0 Å². The molecule has 2 N–H and O–H groups in total. The van der Waals surface area contributed by atoms with E-state index in [4.69, 9.17) is 15.2 Å². The molecular weight excluding hydrogens is 250 g/mol. The predicted octanol–water partition coefficient (Wildman–Crippen LogP) is 3.15. The summed E-state index contributed by atoms with van der Waals surface area (Å²) in [5, 5.41) is 0. The first-order chi connectivity index (χ1) is 9.81. The highest BCUT2D eigenvalue weighted by Crippen LogP contribution is 2.40. The summed E-state index contributed by atoms with van der Waals surface area (Å²) in [6.07, 6.45) is 1.83. The maximum atomic E-state index is 6.28. The number of nitrogens with two attached hydrogens (primary N) is 1. The lowest BCUT2D eigenvalue weighted by Gasteiger charge is -2.30. The number of ether oxygens (including phenoxy) is 2. The minimum absolute atomic E-state index is 0.0331. The van der Waals surface area contributed by atoms with Gasteiger partial charge in [-0.05, 0) is 29.3 Å². The molecule has 0 bridgehead atoms. The van der Waals surface area contributed by atoms with Crippen molar-refractivity contribution < 1.29 is 9.47 Å². The van der Waals surface area contributed by atoms with Crippen LogP contribution in [0.2, 0.25) is 0 Å². The number of rotatable bonds is 1.